The van der Waals surface area contributed by atoms with E-state index in [4.69, 9.17) is 10.5 Å². The van der Waals surface area contributed by atoms with Gasteiger partial charge in [0.2, 0.25) is 5.88 Å². The van der Waals surface area contributed by atoms with Gasteiger partial charge in [0.1, 0.15) is 17.6 Å². The molecule has 3 N–H and O–H groups in total. The number of para-hydroxylation sites is 1. The first-order valence-corrected chi connectivity index (χ1v) is 8.69. The van der Waals surface area contributed by atoms with Crippen molar-refractivity contribution in [3.05, 3.63) is 54.4 Å². The van der Waals surface area contributed by atoms with Crippen LogP contribution < -0.4 is 10.5 Å². The van der Waals surface area contributed by atoms with Crippen LogP contribution in [0.1, 0.15) is 5.56 Å². The Balaban J connectivity index is 1.78. The molecule has 0 aliphatic carbocycles. The van der Waals surface area contributed by atoms with Crippen LogP contribution in [-0.2, 0) is 6.18 Å². The minimum absolute atomic E-state index is 0.000416. The summed E-state index contributed by atoms with van der Waals surface area (Å²) in [6.45, 7) is 0. The number of nitrogens with zero attached hydrogens (tertiary/aromatic N) is 3. The molecular weight excluding hydrogens is 393 g/mol. The Morgan fingerprint density at radius 2 is 1.86 bits per heavy atom. The summed E-state index contributed by atoms with van der Waals surface area (Å²) in [6, 6.07) is 9.57. The van der Waals surface area contributed by atoms with Crippen LogP contribution in [-0.4, -0.2) is 20.1 Å². The summed E-state index contributed by atoms with van der Waals surface area (Å²) >= 11 is 1.28. The fraction of sp³-hybridized carbons (Fsp3) is 0.0556. The highest BCUT2D eigenvalue weighted by Gasteiger charge is 2.35. The third-order valence-corrected chi connectivity index (χ3v) is 4.71. The number of hydrogen-bond donors (Lipinski definition) is 2. The molecule has 6 nitrogen and oxygen atoms in total. The van der Waals surface area contributed by atoms with Crippen molar-refractivity contribution in [3.63, 3.8) is 0 Å². The zero-order valence-corrected chi connectivity index (χ0v) is 14.8. The van der Waals surface area contributed by atoms with Gasteiger partial charge in [-0.25, -0.2) is 15.0 Å². The van der Waals surface area contributed by atoms with Crippen molar-refractivity contribution >= 4 is 26.7 Å². The van der Waals surface area contributed by atoms with Crippen molar-refractivity contribution in [2.45, 2.75) is 6.18 Å². The van der Waals surface area contributed by atoms with Gasteiger partial charge in [-0.3, -0.25) is 0 Å². The standard InChI is InChI=1S/C18H11F3N4O2S/c19-18(20,21)9-3-1-4-11(26)15(9)10-7-14(24-8-23-10)27-12-5-2-6-13-16(12)25-17(22)28-13/h1-8,26H,(H2,22,25). The molecule has 0 spiro atoms. The molecule has 0 aliphatic heterocycles. The summed E-state index contributed by atoms with van der Waals surface area (Å²) in [6.07, 6.45) is -3.60. The Morgan fingerprint density at radius 1 is 1.07 bits per heavy atom. The van der Waals surface area contributed by atoms with E-state index in [9.17, 15) is 18.3 Å². The number of anilines is 1. The van der Waals surface area contributed by atoms with Crippen molar-refractivity contribution in [1.82, 2.24) is 15.0 Å². The maximum atomic E-state index is 13.3. The quantitative estimate of drug-likeness (QED) is 0.507. The number of hydrogen-bond acceptors (Lipinski definition) is 7. The number of rotatable bonds is 3. The number of phenols is 1. The molecule has 0 radical (unpaired) electrons. The molecule has 0 saturated heterocycles. The first-order valence-electron chi connectivity index (χ1n) is 7.87. The number of aromatic nitrogens is 3. The number of nitrogens with two attached hydrogens (primary N) is 1. The lowest BCUT2D eigenvalue weighted by Gasteiger charge is -2.14. The molecule has 10 heteroatoms. The Labute approximate surface area is 160 Å². The first kappa shape index (κ1) is 18.0. The summed E-state index contributed by atoms with van der Waals surface area (Å²) in [5, 5.41) is 10.4. The Hall–Kier alpha value is -3.40. The smallest absolute Gasteiger partial charge is 0.417 e. The van der Waals surface area contributed by atoms with Gasteiger partial charge in [-0.05, 0) is 24.3 Å². The van der Waals surface area contributed by atoms with E-state index in [-0.39, 0.29) is 11.6 Å². The fourth-order valence-electron chi connectivity index (χ4n) is 2.71. The van der Waals surface area contributed by atoms with E-state index in [0.717, 1.165) is 29.2 Å². The number of nitrogen functional groups attached to an aromatic ring is 1. The second kappa shape index (κ2) is 6.64. The fourth-order valence-corrected chi connectivity index (χ4v) is 3.46. The monoisotopic (exact) mass is 404 g/mol. The molecule has 0 aliphatic rings. The number of fused-ring (bicyclic) bond motifs is 1. The van der Waals surface area contributed by atoms with Gasteiger partial charge in [-0.1, -0.05) is 23.5 Å². The van der Waals surface area contributed by atoms with Crippen molar-refractivity contribution in [2.75, 3.05) is 5.73 Å². The molecule has 0 unspecified atom stereocenters. The van der Waals surface area contributed by atoms with Gasteiger partial charge in [0.05, 0.1) is 21.5 Å². The van der Waals surface area contributed by atoms with Gasteiger partial charge >= 0.3 is 6.18 Å². The molecule has 4 rings (SSSR count). The molecular formula is C18H11F3N4O2S. The zero-order valence-electron chi connectivity index (χ0n) is 13.9. The predicted molar refractivity (Wildman–Crippen MR) is 98.2 cm³/mol. The highest BCUT2D eigenvalue weighted by atomic mass is 32.1. The molecule has 4 aromatic rings. The number of phenolic OH excluding ortho intramolecular Hbond substituents is 1. The summed E-state index contributed by atoms with van der Waals surface area (Å²) in [5.74, 6) is -0.197. The average Bonchev–Trinajstić information content (AvgIpc) is 3.02. The summed E-state index contributed by atoms with van der Waals surface area (Å²) in [7, 11) is 0. The number of alkyl halides is 3. The Bertz CT molecular complexity index is 1180. The van der Waals surface area contributed by atoms with E-state index in [1.807, 2.05) is 6.07 Å². The van der Waals surface area contributed by atoms with Gasteiger partial charge < -0.3 is 15.6 Å². The minimum atomic E-state index is -4.66. The van der Waals surface area contributed by atoms with E-state index >= 15 is 0 Å². The summed E-state index contributed by atoms with van der Waals surface area (Å²) in [4.78, 5) is 12.0. The maximum absolute atomic E-state index is 13.3. The molecule has 0 saturated carbocycles. The molecule has 2 aromatic carbocycles. The highest BCUT2D eigenvalue weighted by molar-refractivity contribution is 7.22. The Morgan fingerprint density at radius 3 is 2.64 bits per heavy atom. The van der Waals surface area contributed by atoms with E-state index in [1.54, 1.807) is 12.1 Å². The molecule has 0 amide bonds. The highest BCUT2D eigenvalue weighted by Crippen LogP contribution is 2.41. The largest absolute Gasteiger partial charge is 0.507 e. The van der Waals surface area contributed by atoms with Crippen LogP contribution >= 0.6 is 11.3 Å². The normalized spacial score (nSPS) is 11.7. The third-order valence-electron chi connectivity index (χ3n) is 3.86. The van der Waals surface area contributed by atoms with E-state index in [1.165, 1.54) is 17.4 Å². The lowest BCUT2D eigenvalue weighted by molar-refractivity contribution is -0.137. The van der Waals surface area contributed by atoms with E-state index < -0.39 is 23.1 Å². The number of halogens is 3. The number of benzene rings is 2. The number of ether oxygens (including phenoxy) is 1. The second-order valence-corrected chi connectivity index (χ2v) is 6.76. The van der Waals surface area contributed by atoms with Crippen LogP contribution in [0.25, 0.3) is 21.5 Å². The van der Waals surface area contributed by atoms with Crippen LogP contribution in [0.2, 0.25) is 0 Å². The van der Waals surface area contributed by atoms with Crippen molar-refractivity contribution < 1.29 is 23.0 Å². The number of aromatic hydroxyl groups is 1. The molecule has 0 fully saturated rings. The lowest BCUT2D eigenvalue weighted by Crippen LogP contribution is -2.07. The predicted octanol–water partition coefficient (Wildman–Crippen LogP) is 4.85. The Kier molecular flexibility index (Phi) is 4.27. The lowest BCUT2D eigenvalue weighted by atomic mass is 10.0. The van der Waals surface area contributed by atoms with E-state index in [2.05, 4.69) is 15.0 Å². The molecule has 0 bridgehead atoms. The maximum Gasteiger partial charge on any atom is 0.417 e. The molecule has 2 heterocycles. The summed E-state index contributed by atoms with van der Waals surface area (Å²) < 4.78 is 46.5. The van der Waals surface area contributed by atoms with Gasteiger partial charge in [-0.15, -0.1) is 0 Å². The van der Waals surface area contributed by atoms with Crippen molar-refractivity contribution in [2.24, 2.45) is 0 Å². The van der Waals surface area contributed by atoms with E-state index in [0.29, 0.717) is 16.4 Å². The first-order chi connectivity index (χ1) is 13.3. The van der Waals surface area contributed by atoms with Crippen LogP contribution in [0, 0.1) is 0 Å². The molecule has 142 valence electrons. The SMILES string of the molecule is Nc1nc2c(Oc3cc(-c4c(O)cccc4C(F)(F)F)ncn3)cccc2s1. The van der Waals surface area contributed by atoms with Crippen LogP contribution in [0.3, 0.4) is 0 Å². The molecule has 28 heavy (non-hydrogen) atoms. The minimum Gasteiger partial charge on any atom is -0.507 e. The van der Waals surface area contributed by atoms with Crippen molar-refractivity contribution in [3.8, 4) is 28.6 Å². The summed E-state index contributed by atoms with van der Waals surface area (Å²) in [5.41, 5.74) is 4.66. The van der Waals surface area contributed by atoms with Gasteiger partial charge in [0.25, 0.3) is 0 Å². The second-order valence-electron chi connectivity index (χ2n) is 5.70. The topological polar surface area (TPSA) is 94.2 Å². The van der Waals surface area contributed by atoms with Crippen molar-refractivity contribution in [1.29, 1.82) is 0 Å². The van der Waals surface area contributed by atoms with Crippen LogP contribution in [0.5, 0.6) is 17.4 Å². The third kappa shape index (κ3) is 3.29. The molecule has 0 atom stereocenters. The number of thiazole rings is 1. The zero-order chi connectivity index (χ0) is 19.9. The molecule has 2 aromatic heterocycles. The van der Waals surface area contributed by atoms with Gasteiger partial charge in [0, 0.05) is 6.07 Å². The van der Waals surface area contributed by atoms with Gasteiger partial charge in [-0.2, -0.15) is 13.2 Å². The average molecular weight is 404 g/mol. The van der Waals surface area contributed by atoms with Crippen LogP contribution in [0.15, 0.2) is 48.8 Å². The van der Waals surface area contributed by atoms with Crippen LogP contribution in [0.4, 0.5) is 18.3 Å². The van der Waals surface area contributed by atoms with Gasteiger partial charge in [0.15, 0.2) is 10.9 Å².